The molecule has 3 heteroatoms. The number of anilines is 1. The fraction of sp³-hybridized carbons (Fsp3) is 0.0833. The first-order valence-electron chi connectivity index (χ1n) is 9.04. The Morgan fingerprint density at radius 3 is 2.11 bits per heavy atom. The zero-order valence-electron chi connectivity index (χ0n) is 15.2. The predicted octanol–water partition coefficient (Wildman–Crippen LogP) is 6.72. The maximum atomic E-state index is 6.09. The van der Waals surface area contributed by atoms with Gasteiger partial charge in [0.15, 0.2) is 0 Å². The quantitative estimate of drug-likeness (QED) is 0.411. The molecule has 0 radical (unpaired) electrons. The van der Waals surface area contributed by atoms with Crippen LogP contribution in [0.1, 0.15) is 11.3 Å². The minimum Gasteiger partial charge on any atom is -0.381 e. The van der Waals surface area contributed by atoms with E-state index in [1.807, 2.05) is 36.4 Å². The van der Waals surface area contributed by atoms with Crippen molar-refractivity contribution in [1.82, 2.24) is 4.57 Å². The second kappa shape index (κ2) is 7.73. The van der Waals surface area contributed by atoms with Gasteiger partial charge >= 0.3 is 0 Å². The van der Waals surface area contributed by atoms with Crippen molar-refractivity contribution in [3.05, 3.63) is 107 Å². The number of halogens is 1. The lowest BCUT2D eigenvalue weighted by Crippen LogP contribution is -2.02. The summed E-state index contributed by atoms with van der Waals surface area (Å²) in [4.78, 5) is 0. The summed E-state index contributed by atoms with van der Waals surface area (Å²) < 4.78 is 2.31. The summed E-state index contributed by atoms with van der Waals surface area (Å²) in [7, 11) is 0. The molecule has 1 N–H and O–H groups in total. The fourth-order valence-corrected chi connectivity index (χ4v) is 3.46. The fourth-order valence-electron chi connectivity index (χ4n) is 3.33. The number of benzene rings is 3. The van der Waals surface area contributed by atoms with Crippen LogP contribution in [-0.4, -0.2) is 4.57 Å². The van der Waals surface area contributed by atoms with Crippen LogP contribution in [0.2, 0.25) is 5.02 Å². The molecule has 0 aliphatic rings. The van der Waals surface area contributed by atoms with Crippen LogP contribution in [0, 0.1) is 6.92 Å². The summed E-state index contributed by atoms with van der Waals surface area (Å²) in [5.74, 6) is 0. The van der Waals surface area contributed by atoms with Gasteiger partial charge in [0.25, 0.3) is 0 Å². The highest BCUT2D eigenvalue weighted by molar-refractivity contribution is 6.30. The molecule has 0 atom stereocenters. The van der Waals surface area contributed by atoms with Crippen molar-refractivity contribution in [1.29, 1.82) is 0 Å². The molecule has 0 bridgehead atoms. The Labute approximate surface area is 165 Å². The van der Waals surface area contributed by atoms with Crippen LogP contribution in [0.5, 0.6) is 0 Å². The molecular formula is C24H21ClN2. The smallest absolute Gasteiger partial charge is 0.0534 e. The molecule has 0 saturated carbocycles. The third kappa shape index (κ3) is 3.76. The molecule has 3 aromatic carbocycles. The third-order valence-electron chi connectivity index (χ3n) is 4.76. The molecule has 0 aliphatic carbocycles. The minimum absolute atomic E-state index is 0.749. The van der Waals surface area contributed by atoms with E-state index >= 15 is 0 Å². The molecule has 0 amide bonds. The van der Waals surface area contributed by atoms with Crippen molar-refractivity contribution in [2.45, 2.75) is 13.5 Å². The van der Waals surface area contributed by atoms with E-state index in [1.54, 1.807) is 0 Å². The van der Waals surface area contributed by atoms with E-state index in [0.29, 0.717) is 0 Å². The van der Waals surface area contributed by atoms with Gasteiger partial charge in [0.05, 0.1) is 5.69 Å². The standard InChI is InChI=1S/C24H21ClN2/c1-18-20(17-26-22-8-4-2-5-9-22)16-24(19-12-14-21(25)15-13-19)27(18)23-10-6-3-7-11-23/h2-16,26H,17H2,1H3. The Hall–Kier alpha value is -2.97. The van der Waals surface area contributed by atoms with Crippen LogP contribution in [0.3, 0.4) is 0 Å². The molecule has 2 nitrogen and oxygen atoms in total. The maximum Gasteiger partial charge on any atom is 0.0534 e. The van der Waals surface area contributed by atoms with E-state index in [1.165, 1.54) is 17.0 Å². The first kappa shape index (κ1) is 17.4. The van der Waals surface area contributed by atoms with Gasteiger partial charge in [-0.15, -0.1) is 0 Å². The second-order valence-electron chi connectivity index (χ2n) is 6.54. The SMILES string of the molecule is Cc1c(CNc2ccccc2)cc(-c2ccc(Cl)cc2)n1-c1ccccc1. The van der Waals surface area contributed by atoms with Crippen molar-refractivity contribution in [2.75, 3.05) is 5.32 Å². The van der Waals surface area contributed by atoms with Crippen LogP contribution in [0.4, 0.5) is 5.69 Å². The van der Waals surface area contributed by atoms with Crippen molar-refractivity contribution in [3.63, 3.8) is 0 Å². The molecular weight excluding hydrogens is 352 g/mol. The van der Waals surface area contributed by atoms with Gasteiger partial charge in [-0.2, -0.15) is 0 Å². The van der Waals surface area contributed by atoms with Gasteiger partial charge in [-0.25, -0.2) is 0 Å². The van der Waals surface area contributed by atoms with Gasteiger partial charge in [0.2, 0.25) is 0 Å². The molecule has 0 aliphatic heterocycles. The average molecular weight is 373 g/mol. The van der Waals surface area contributed by atoms with E-state index in [4.69, 9.17) is 11.6 Å². The van der Waals surface area contributed by atoms with E-state index in [-0.39, 0.29) is 0 Å². The normalized spacial score (nSPS) is 10.7. The van der Waals surface area contributed by atoms with E-state index < -0.39 is 0 Å². The van der Waals surface area contributed by atoms with Crippen LogP contribution in [0.25, 0.3) is 16.9 Å². The summed E-state index contributed by atoms with van der Waals surface area (Å²) >= 11 is 6.09. The first-order chi connectivity index (χ1) is 13.2. The summed E-state index contributed by atoms with van der Waals surface area (Å²) in [5.41, 5.74) is 7.10. The van der Waals surface area contributed by atoms with Gasteiger partial charge in [0, 0.05) is 28.6 Å². The van der Waals surface area contributed by atoms with E-state index in [2.05, 4.69) is 71.4 Å². The first-order valence-corrected chi connectivity index (χ1v) is 9.41. The maximum absolute atomic E-state index is 6.09. The lowest BCUT2D eigenvalue weighted by atomic mass is 10.1. The second-order valence-corrected chi connectivity index (χ2v) is 6.97. The number of rotatable bonds is 5. The summed E-state index contributed by atoms with van der Waals surface area (Å²) in [6.45, 7) is 2.95. The van der Waals surface area contributed by atoms with Gasteiger partial charge in [-0.1, -0.05) is 60.1 Å². The Balaban J connectivity index is 1.76. The number of hydrogen-bond acceptors (Lipinski definition) is 1. The number of nitrogens with zero attached hydrogens (tertiary/aromatic N) is 1. The monoisotopic (exact) mass is 372 g/mol. The highest BCUT2D eigenvalue weighted by Crippen LogP contribution is 2.30. The molecule has 1 heterocycles. The largest absolute Gasteiger partial charge is 0.381 e. The Morgan fingerprint density at radius 2 is 1.44 bits per heavy atom. The van der Waals surface area contributed by atoms with Crippen LogP contribution >= 0.6 is 11.6 Å². The van der Waals surface area contributed by atoms with E-state index in [9.17, 15) is 0 Å². The van der Waals surface area contributed by atoms with Crippen molar-refractivity contribution in [2.24, 2.45) is 0 Å². The summed E-state index contributed by atoms with van der Waals surface area (Å²) in [6.07, 6.45) is 0. The van der Waals surface area contributed by atoms with Crippen LogP contribution in [-0.2, 0) is 6.54 Å². The highest BCUT2D eigenvalue weighted by Gasteiger charge is 2.14. The van der Waals surface area contributed by atoms with Crippen LogP contribution < -0.4 is 5.32 Å². The molecule has 134 valence electrons. The topological polar surface area (TPSA) is 17.0 Å². The van der Waals surface area contributed by atoms with E-state index in [0.717, 1.165) is 28.5 Å². The number of hydrogen-bond donors (Lipinski definition) is 1. The molecule has 4 rings (SSSR count). The average Bonchev–Trinajstić information content (AvgIpc) is 3.05. The molecule has 27 heavy (non-hydrogen) atoms. The lowest BCUT2D eigenvalue weighted by molar-refractivity contribution is 0.993. The Kier molecular flexibility index (Phi) is 4.99. The Bertz CT molecular complexity index is 1020. The minimum atomic E-state index is 0.749. The number of aromatic nitrogens is 1. The van der Waals surface area contributed by atoms with Gasteiger partial charge in [0.1, 0.15) is 0 Å². The molecule has 0 spiro atoms. The lowest BCUT2D eigenvalue weighted by Gasteiger charge is -2.13. The van der Waals surface area contributed by atoms with Gasteiger partial charge in [-0.05, 0) is 60.5 Å². The van der Waals surface area contributed by atoms with Crippen molar-refractivity contribution >= 4 is 17.3 Å². The molecule has 0 unspecified atom stereocenters. The zero-order valence-corrected chi connectivity index (χ0v) is 15.9. The van der Waals surface area contributed by atoms with Gasteiger partial charge in [-0.3, -0.25) is 0 Å². The van der Waals surface area contributed by atoms with Crippen molar-refractivity contribution < 1.29 is 0 Å². The zero-order chi connectivity index (χ0) is 18.6. The molecule has 0 saturated heterocycles. The summed E-state index contributed by atoms with van der Waals surface area (Å²) in [6, 6.07) is 31.1. The number of nitrogens with one attached hydrogen (secondary N) is 1. The number of para-hydroxylation sites is 2. The molecule has 4 aromatic rings. The van der Waals surface area contributed by atoms with Crippen LogP contribution in [0.15, 0.2) is 91.0 Å². The van der Waals surface area contributed by atoms with Crippen molar-refractivity contribution in [3.8, 4) is 16.9 Å². The Morgan fingerprint density at radius 1 is 0.815 bits per heavy atom. The highest BCUT2D eigenvalue weighted by atomic mass is 35.5. The van der Waals surface area contributed by atoms with Gasteiger partial charge < -0.3 is 9.88 Å². The predicted molar refractivity (Wildman–Crippen MR) is 115 cm³/mol. The third-order valence-corrected chi connectivity index (χ3v) is 5.02. The summed E-state index contributed by atoms with van der Waals surface area (Å²) in [5, 5.41) is 4.27. The molecule has 1 aromatic heterocycles. The molecule has 0 fully saturated rings.